The van der Waals surface area contributed by atoms with Crippen LogP contribution in [0.1, 0.15) is 0 Å². The molecule has 2 unspecified atom stereocenters. The predicted molar refractivity (Wildman–Crippen MR) is 32.2 cm³/mol. The van der Waals surface area contributed by atoms with Gasteiger partial charge in [-0.1, -0.05) is 0 Å². The van der Waals surface area contributed by atoms with Crippen molar-refractivity contribution in [2.24, 2.45) is 17.8 Å². The second-order valence-corrected chi connectivity index (χ2v) is 2.68. The van der Waals surface area contributed by atoms with E-state index in [1.165, 1.54) is 13.1 Å². The number of piperidine rings is 1. The fourth-order valence-corrected chi connectivity index (χ4v) is 1.67. The van der Waals surface area contributed by atoms with Crippen molar-refractivity contribution in [2.75, 3.05) is 13.1 Å². The summed E-state index contributed by atoms with van der Waals surface area (Å²) in [6.07, 6.45) is 5.25. The van der Waals surface area contributed by atoms with Crippen LogP contribution in [0.25, 0.3) is 0 Å². The molecule has 1 nitrogen and oxygen atoms in total. The summed E-state index contributed by atoms with van der Waals surface area (Å²) in [5, 5.41) is 3.29. The van der Waals surface area contributed by atoms with Gasteiger partial charge in [0.1, 0.15) is 0 Å². The van der Waals surface area contributed by atoms with E-state index in [9.17, 15) is 0 Å². The van der Waals surface area contributed by atoms with Gasteiger partial charge in [-0.15, -0.1) is 12.3 Å². The van der Waals surface area contributed by atoms with Crippen LogP contribution >= 0.6 is 0 Å². The Morgan fingerprint density at radius 3 is 2.38 bits per heavy atom. The van der Waals surface area contributed by atoms with Gasteiger partial charge in [-0.05, 0) is 24.9 Å². The minimum absolute atomic E-state index is 0.635. The maximum absolute atomic E-state index is 5.25. The van der Waals surface area contributed by atoms with Crippen molar-refractivity contribution in [1.82, 2.24) is 5.32 Å². The summed E-state index contributed by atoms with van der Waals surface area (Å²) in [7, 11) is 0. The molecule has 2 fully saturated rings. The summed E-state index contributed by atoms with van der Waals surface area (Å²) in [6, 6.07) is 0. The maximum Gasteiger partial charge on any atom is 0.0288 e. The molecule has 0 aromatic carbocycles. The van der Waals surface area contributed by atoms with Gasteiger partial charge in [0.2, 0.25) is 0 Å². The van der Waals surface area contributed by atoms with Gasteiger partial charge in [-0.25, -0.2) is 0 Å². The second kappa shape index (κ2) is 1.27. The second-order valence-electron chi connectivity index (χ2n) is 2.68. The topological polar surface area (TPSA) is 12.0 Å². The Morgan fingerprint density at radius 1 is 1.38 bits per heavy atom. The van der Waals surface area contributed by atoms with E-state index in [-0.39, 0.29) is 0 Å². The number of terminal acetylenes is 1. The average Bonchev–Trinajstić information content (AvgIpc) is 2.22. The van der Waals surface area contributed by atoms with Gasteiger partial charge in [0.05, 0.1) is 0 Å². The first-order chi connectivity index (χ1) is 3.93. The number of rotatable bonds is 0. The van der Waals surface area contributed by atoms with Crippen molar-refractivity contribution in [3.8, 4) is 12.3 Å². The van der Waals surface area contributed by atoms with Gasteiger partial charge in [0.25, 0.3) is 0 Å². The van der Waals surface area contributed by atoms with Gasteiger partial charge in [-0.2, -0.15) is 0 Å². The van der Waals surface area contributed by atoms with E-state index in [0.29, 0.717) is 5.92 Å². The molecule has 2 atom stereocenters. The molecule has 1 aliphatic carbocycles. The van der Waals surface area contributed by atoms with Crippen molar-refractivity contribution < 1.29 is 0 Å². The highest BCUT2D eigenvalue weighted by atomic mass is 15.0. The SMILES string of the molecule is C#CC1C2CNCC12. The fourth-order valence-electron chi connectivity index (χ4n) is 1.67. The van der Waals surface area contributed by atoms with E-state index in [1.807, 2.05) is 0 Å². The van der Waals surface area contributed by atoms with Crippen LogP contribution in [0.5, 0.6) is 0 Å². The zero-order valence-electron chi connectivity index (χ0n) is 4.72. The molecule has 1 heteroatoms. The van der Waals surface area contributed by atoms with Gasteiger partial charge in [-0.3, -0.25) is 0 Å². The van der Waals surface area contributed by atoms with E-state index in [4.69, 9.17) is 6.42 Å². The van der Waals surface area contributed by atoms with E-state index in [1.54, 1.807) is 0 Å². The minimum atomic E-state index is 0.635. The quantitative estimate of drug-likeness (QED) is 0.432. The van der Waals surface area contributed by atoms with Crippen LogP contribution < -0.4 is 5.32 Å². The molecular weight excluding hydrogens is 98.1 g/mol. The molecule has 2 aliphatic rings. The van der Waals surface area contributed by atoms with Crippen molar-refractivity contribution >= 4 is 0 Å². The lowest BCUT2D eigenvalue weighted by molar-refractivity contribution is 0.679. The molecule has 0 bridgehead atoms. The number of fused-ring (bicyclic) bond motifs is 1. The third-order valence-corrected chi connectivity index (χ3v) is 2.28. The van der Waals surface area contributed by atoms with Crippen LogP contribution in [0.3, 0.4) is 0 Å². The van der Waals surface area contributed by atoms with Gasteiger partial charge >= 0.3 is 0 Å². The molecule has 0 spiro atoms. The highest BCUT2D eigenvalue weighted by Crippen LogP contribution is 2.47. The molecule has 0 aromatic rings. The summed E-state index contributed by atoms with van der Waals surface area (Å²) in [6.45, 7) is 2.33. The lowest BCUT2D eigenvalue weighted by Crippen LogP contribution is -2.13. The van der Waals surface area contributed by atoms with Crippen molar-refractivity contribution in [3.05, 3.63) is 0 Å². The normalized spacial score (nSPS) is 50.1. The molecule has 2 rings (SSSR count). The summed E-state index contributed by atoms with van der Waals surface area (Å²) >= 11 is 0. The van der Waals surface area contributed by atoms with Gasteiger partial charge in [0.15, 0.2) is 0 Å². The Kier molecular flexibility index (Phi) is 0.698. The van der Waals surface area contributed by atoms with Crippen LogP contribution in [-0.4, -0.2) is 13.1 Å². The van der Waals surface area contributed by atoms with Gasteiger partial charge < -0.3 is 5.32 Å². The first kappa shape index (κ1) is 4.40. The Morgan fingerprint density at radius 2 is 2.00 bits per heavy atom. The van der Waals surface area contributed by atoms with Gasteiger partial charge in [0, 0.05) is 5.92 Å². The third kappa shape index (κ3) is 0.367. The molecular formula is C7H9N. The molecule has 1 saturated heterocycles. The van der Waals surface area contributed by atoms with Crippen LogP contribution in [0.2, 0.25) is 0 Å². The molecule has 8 heavy (non-hydrogen) atoms. The highest BCUT2D eigenvalue weighted by molar-refractivity contribution is 5.16. The van der Waals surface area contributed by atoms with Crippen molar-refractivity contribution in [2.45, 2.75) is 0 Å². The maximum atomic E-state index is 5.25. The molecule has 1 heterocycles. The minimum Gasteiger partial charge on any atom is -0.316 e. The third-order valence-electron chi connectivity index (χ3n) is 2.28. The molecule has 0 amide bonds. The fraction of sp³-hybridized carbons (Fsp3) is 0.714. The molecule has 1 aliphatic heterocycles. The Hall–Kier alpha value is -0.480. The lowest BCUT2D eigenvalue weighted by atomic mass is 10.3. The average molecular weight is 107 g/mol. The molecule has 1 N–H and O–H groups in total. The van der Waals surface area contributed by atoms with E-state index < -0.39 is 0 Å². The first-order valence-corrected chi connectivity index (χ1v) is 3.10. The van der Waals surface area contributed by atoms with E-state index >= 15 is 0 Å². The number of nitrogens with one attached hydrogen (secondary N) is 1. The summed E-state index contributed by atoms with van der Waals surface area (Å²) in [5.41, 5.74) is 0. The zero-order chi connectivity index (χ0) is 5.56. The van der Waals surface area contributed by atoms with Crippen molar-refractivity contribution in [1.29, 1.82) is 0 Å². The summed E-state index contributed by atoms with van der Waals surface area (Å²) < 4.78 is 0. The Bertz CT molecular complexity index is 135. The van der Waals surface area contributed by atoms with Crippen LogP contribution in [0, 0.1) is 30.1 Å². The molecule has 0 aromatic heterocycles. The smallest absolute Gasteiger partial charge is 0.0288 e. The number of hydrogen-bond acceptors (Lipinski definition) is 1. The van der Waals surface area contributed by atoms with Crippen LogP contribution in [-0.2, 0) is 0 Å². The van der Waals surface area contributed by atoms with Crippen LogP contribution in [0.4, 0.5) is 0 Å². The summed E-state index contributed by atoms with van der Waals surface area (Å²) in [4.78, 5) is 0. The predicted octanol–water partition coefficient (Wildman–Crippen LogP) is 0.0850. The monoisotopic (exact) mass is 107 g/mol. The molecule has 0 radical (unpaired) electrons. The van der Waals surface area contributed by atoms with Crippen molar-refractivity contribution in [3.63, 3.8) is 0 Å². The van der Waals surface area contributed by atoms with Crippen LogP contribution in [0.15, 0.2) is 0 Å². The Balaban J connectivity index is 2.06. The largest absolute Gasteiger partial charge is 0.316 e. The Labute approximate surface area is 49.5 Å². The molecule has 1 saturated carbocycles. The lowest BCUT2D eigenvalue weighted by Gasteiger charge is -1.93. The summed E-state index contributed by atoms with van der Waals surface area (Å²) in [5.74, 6) is 5.13. The number of hydrogen-bond donors (Lipinski definition) is 1. The molecule has 42 valence electrons. The first-order valence-electron chi connectivity index (χ1n) is 3.10. The standard InChI is InChI=1S/C7H9N/c1-2-5-6-3-8-4-7(5)6/h1,5-8H,3-4H2. The zero-order valence-corrected chi connectivity index (χ0v) is 4.72. The van der Waals surface area contributed by atoms with E-state index in [0.717, 1.165) is 11.8 Å². The van der Waals surface area contributed by atoms with E-state index in [2.05, 4.69) is 11.2 Å². The highest BCUT2D eigenvalue weighted by Gasteiger charge is 2.51.